The van der Waals surface area contributed by atoms with Gasteiger partial charge in [-0.25, -0.2) is 9.59 Å². The van der Waals surface area contributed by atoms with Crippen LogP contribution in [0.4, 0.5) is 4.79 Å². The first-order valence-corrected chi connectivity index (χ1v) is 13.9. The first-order chi connectivity index (χ1) is 18.4. The highest BCUT2D eigenvalue weighted by Crippen LogP contribution is 2.39. The quantitative estimate of drug-likeness (QED) is 0.302. The van der Waals surface area contributed by atoms with Crippen LogP contribution in [0.3, 0.4) is 0 Å². The van der Waals surface area contributed by atoms with E-state index in [2.05, 4.69) is 0 Å². The molecule has 1 N–H and O–H groups in total. The molecule has 0 spiro atoms. The molecule has 1 aromatic carbocycles. The van der Waals surface area contributed by atoms with Gasteiger partial charge in [-0.15, -0.1) is 0 Å². The van der Waals surface area contributed by atoms with Crippen molar-refractivity contribution < 1.29 is 24.2 Å². The predicted molar refractivity (Wildman–Crippen MR) is 152 cm³/mol. The van der Waals surface area contributed by atoms with E-state index in [1.807, 2.05) is 70.0 Å². The molecule has 0 atom stereocenters. The monoisotopic (exact) mass is 532 g/mol. The molecule has 1 aliphatic carbocycles. The number of hydrogen-bond acceptors (Lipinski definition) is 4. The maximum Gasteiger partial charge on any atom is 0.410 e. The number of ether oxygens (including phenoxy) is 1. The van der Waals surface area contributed by atoms with Crippen molar-refractivity contribution in [2.24, 2.45) is 0 Å². The number of benzene rings is 1. The van der Waals surface area contributed by atoms with E-state index in [0.29, 0.717) is 23.2 Å². The Hall–Kier alpha value is -3.61. The van der Waals surface area contributed by atoms with Crippen molar-refractivity contribution in [1.29, 1.82) is 0 Å². The largest absolute Gasteiger partial charge is 0.478 e. The third kappa shape index (κ3) is 6.18. The number of aromatic nitrogens is 1. The summed E-state index contributed by atoms with van der Waals surface area (Å²) in [6.07, 6.45) is 9.03. The average molecular weight is 533 g/mol. The second kappa shape index (κ2) is 11.2. The van der Waals surface area contributed by atoms with Gasteiger partial charge in [0.05, 0.1) is 11.3 Å². The van der Waals surface area contributed by atoms with Crippen molar-refractivity contribution in [1.82, 2.24) is 9.30 Å². The van der Waals surface area contributed by atoms with Gasteiger partial charge in [-0.2, -0.15) is 0 Å². The van der Waals surface area contributed by atoms with Crippen molar-refractivity contribution >= 4 is 23.4 Å². The highest BCUT2D eigenvalue weighted by molar-refractivity contribution is 6.09. The van der Waals surface area contributed by atoms with Crippen LogP contribution in [0, 0.1) is 0 Å². The topological polar surface area (TPSA) is 88.3 Å². The molecule has 3 aromatic rings. The summed E-state index contributed by atoms with van der Waals surface area (Å²) in [5.41, 5.74) is 3.44. The van der Waals surface area contributed by atoms with E-state index in [0.717, 1.165) is 56.1 Å². The molecule has 0 unspecified atom stereocenters. The molecule has 4 rings (SSSR count). The summed E-state index contributed by atoms with van der Waals surface area (Å²) < 4.78 is 7.44. The number of nitrogens with zero attached hydrogens (tertiary/aromatic N) is 2. The molecule has 0 saturated heterocycles. The number of aryl methyl sites for hydroxylation is 2. The summed E-state index contributed by atoms with van der Waals surface area (Å²) in [5, 5.41) is 9.32. The Bertz CT molecular complexity index is 1360. The van der Waals surface area contributed by atoms with Gasteiger partial charge in [0.25, 0.3) is 0 Å². The number of hydrogen-bond donors (Lipinski definition) is 1. The minimum Gasteiger partial charge on any atom is -0.478 e. The molecule has 0 radical (unpaired) electrons. The molecule has 2 heterocycles. The van der Waals surface area contributed by atoms with E-state index in [4.69, 9.17) is 4.74 Å². The van der Waals surface area contributed by atoms with Gasteiger partial charge >= 0.3 is 12.1 Å². The smallest absolute Gasteiger partial charge is 0.410 e. The fourth-order valence-electron chi connectivity index (χ4n) is 5.78. The van der Waals surface area contributed by atoms with Gasteiger partial charge in [-0.3, -0.25) is 4.79 Å². The molecule has 208 valence electrons. The van der Waals surface area contributed by atoms with E-state index in [-0.39, 0.29) is 23.0 Å². The Balaban J connectivity index is 1.44. The van der Waals surface area contributed by atoms with Gasteiger partial charge in [0.1, 0.15) is 5.60 Å². The molecule has 7 nitrogen and oxygen atoms in total. The van der Waals surface area contributed by atoms with E-state index in [9.17, 15) is 19.5 Å². The number of carboxylic acid groups (broad SMARTS) is 1. The zero-order chi connectivity index (χ0) is 28.4. The van der Waals surface area contributed by atoms with Crippen LogP contribution in [0.1, 0.15) is 104 Å². The summed E-state index contributed by atoms with van der Waals surface area (Å²) in [6.45, 7) is 7.67. The van der Waals surface area contributed by atoms with Crippen LogP contribution in [-0.2, 0) is 17.6 Å². The maximum atomic E-state index is 13.5. The fraction of sp³-hybridized carbons (Fsp3) is 0.469. The Kier molecular flexibility index (Phi) is 8.19. The molecule has 1 aliphatic rings. The van der Waals surface area contributed by atoms with Crippen LogP contribution < -0.4 is 0 Å². The van der Waals surface area contributed by atoms with Crippen LogP contribution in [0.5, 0.6) is 0 Å². The lowest BCUT2D eigenvalue weighted by Crippen LogP contribution is -2.49. The van der Waals surface area contributed by atoms with Gasteiger partial charge in [0.15, 0.2) is 0 Å². The molecule has 7 heteroatoms. The standard InChI is InChI=1S/C32H40N2O5/c1-6-23-20-26-21-25(29(36)37)15-19-34(26)27(23)28(35)24-13-11-22(12-14-24)10-9-18-32(16-7-8-17-32)33(5)30(38)39-31(2,3)4/h11-15,19-21H,6-10,16-18H2,1-5H3,(H,36,37). The second-order valence-electron chi connectivity index (χ2n) is 11.7. The van der Waals surface area contributed by atoms with Crippen molar-refractivity contribution in [3.63, 3.8) is 0 Å². The number of rotatable bonds is 9. The molecule has 1 saturated carbocycles. The zero-order valence-electron chi connectivity index (χ0n) is 23.8. The van der Waals surface area contributed by atoms with E-state index in [1.54, 1.807) is 16.7 Å². The third-order valence-corrected chi connectivity index (χ3v) is 7.93. The van der Waals surface area contributed by atoms with Gasteiger partial charge in [-0.1, -0.05) is 44.0 Å². The number of aromatic carboxylic acids is 1. The maximum absolute atomic E-state index is 13.5. The van der Waals surface area contributed by atoms with Gasteiger partial charge in [-0.05, 0) is 88.6 Å². The van der Waals surface area contributed by atoms with Crippen LogP contribution in [-0.4, -0.2) is 50.4 Å². The van der Waals surface area contributed by atoms with Gasteiger partial charge in [0.2, 0.25) is 5.78 Å². The first kappa shape index (κ1) is 28.4. The molecule has 0 bridgehead atoms. The Morgan fingerprint density at radius 1 is 1.03 bits per heavy atom. The average Bonchev–Trinajstić information content (AvgIpc) is 3.52. The van der Waals surface area contributed by atoms with Crippen molar-refractivity contribution in [2.75, 3.05) is 7.05 Å². The first-order valence-electron chi connectivity index (χ1n) is 13.9. The lowest BCUT2D eigenvalue weighted by molar-refractivity contribution is 0.00365. The number of carboxylic acids is 1. The summed E-state index contributed by atoms with van der Waals surface area (Å²) in [4.78, 5) is 39.5. The molecular weight excluding hydrogens is 492 g/mol. The molecule has 39 heavy (non-hydrogen) atoms. The molecule has 1 fully saturated rings. The third-order valence-electron chi connectivity index (χ3n) is 7.93. The Morgan fingerprint density at radius 3 is 2.28 bits per heavy atom. The Morgan fingerprint density at radius 2 is 1.69 bits per heavy atom. The van der Waals surface area contributed by atoms with Crippen molar-refractivity contribution in [3.8, 4) is 0 Å². The minimum absolute atomic E-state index is 0.0784. The summed E-state index contributed by atoms with van der Waals surface area (Å²) in [6, 6.07) is 12.8. The lowest BCUT2D eigenvalue weighted by atomic mass is 9.88. The molecular formula is C32H40N2O5. The summed E-state index contributed by atoms with van der Waals surface area (Å²) >= 11 is 0. The van der Waals surface area contributed by atoms with E-state index >= 15 is 0 Å². The van der Waals surface area contributed by atoms with Crippen molar-refractivity contribution in [3.05, 3.63) is 76.6 Å². The highest BCUT2D eigenvalue weighted by atomic mass is 16.6. The van der Waals surface area contributed by atoms with E-state index < -0.39 is 11.6 Å². The fourth-order valence-corrected chi connectivity index (χ4v) is 5.78. The van der Waals surface area contributed by atoms with Crippen LogP contribution >= 0.6 is 0 Å². The number of carbonyl (C=O) groups excluding carboxylic acids is 2. The molecule has 1 amide bonds. The second-order valence-corrected chi connectivity index (χ2v) is 11.7. The number of fused-ring (bicyclic) bond motifs is 1. The SMILES string of the molecule is CCc1cc2cc(C(=O)O)ccn2c1C(=O)c1ccc(CCCC2(N(C)C(=O)OC(C)(C)C)CCCC2)cc1. The number of amides is 1. The number of carbonyl (C=O) groups is 3. The van der Waals surface area contributed by atoms with Crippen LogP contribution in [0.15, 0.2) is 48.7 Å². The van der Waals surface area contributed by atoms with Crippen LogP contribution in [0.2, 0.25) is 0 Å². The highest BCUT2D eigenvalue weighted by Gasteiger charge is 2.41. The zero-order valence-corrected chi connectivity index (χ0v) is 23.8. The number of ketones is 1. The minimum atomic E-state index is -0.990. The lowest BCUT2D eigenvalue weighted by Gasteiger charge is -2.39. The summed E-state index contributed by atoms with van der Waals surface area (Å²) in [5.74, 6) is -1.07. The number of pyridine rings is 1. The van der Waals surface area contributed by atoms with Gasteiger partial charge < -0.3 is 19.1 Å². The predicted octanol–water partition coefficient (Wildman–Crippen LogP) is 6.93. The van der Waals surface area contributed by atoms with Gasteiger partial charge in [0, 0.05) is 29.9 Å². The molecule has 0 aliphatic heterocycles. The van der Waals surface area contributed by atoms with Crippen molar-refractivity contribution in [2.45, 2.75) is 90.2 Å². The van der Waals surface area contributed by atoms with E-state index in [1.165, 1.54) is 6.07 Å². The van der Waals surface area contributed by atoms with Crippen LogP contribution in [0.25, 0.3) is 5.52 Å². The Labute approximate surface area is 230 Å². The molecule has 2 aromatic heterocycles. The summed E-state index contributed by atoms with van der Waals surface area (Å²) in [7, 11) is 1.87. The normalized spacial score (nSPS) is 14.9.